The van der Waals surface area contributed by atoms with Crippen LogP contribution in [0, 0.1) is 0 Å². The number of benzene rings is 1. The molecule has 9 heteroatoms. The van der Waals surface area contributed by atoms with E-state index in [-0.39, 0.29) is 12.3 Å². The molecule has 0 aliphatic carbocycles. The van der Waals surface area contributed by atoms with Gasteiger partial charge in [-0.3, -0.25) is 10.1 Å². The first-order chi connectivity index (χ1) is 11.5. The summed E-state index contributed by atoms with van der Waals surface area (Å²) in [5.41, 5.74) is 1.07. The summed E-state index contributed by atoms with van der Waals surface area (Å²) in [6.45, 7) is 0. The van der Waals surface area contributed by atoms with E-state index in [1.54, 1.807) is 30.7 Å². The Kier molecular flexibility index (Phi) is 5.96. The van der Waals surface area contributed by atoms with Crippen LogP contribution in [0.1, 0.15) is 5.69 Å². The zero-order chi connectivity index (χ0) is 17.5. The van der Waals surface area contributed by atoms with Crippen molar-refractivity contribution in [2.45, 2.75) is 6.42 Å². The average Bonchev–Trinajstić information content (AvgIpc) is 3.01. The summed E-state index contributed by atoms with van der Waals surface area (Å²) in [5, 5.41) is 7.26. The molecule has 0 bridgehead atoms. The maximum Gasteiger partial charge on any atom is 0.413 e. The third-order valence-corrected chi connectivity index (χ3v) is 3.78. The number of ether oxygens (including phenoxy) is 3. The van der Waals surface area contributed by atoms with E-state index in [4.69, 9.17) is 9.47 Å². The van der Waals surface area contributed by atoms with Crippen molar-refractivity contribution in [3.05, 3.63) is 29.3 Å². The molecule has 0 aliphatic heterocycles. The van der Waals surface area contributed by atoms with Gasteiger partial charge in [0.1, 0.15) is 11.5 Å². The molecule has 24 heavy (non-hydrogen) atoms. The van der Waals surface area contributed by atoms with Crippen LogP contribution >= 0.6 is 11.3 Å². The number of anilines is 2. The third-order valence-electron chi connectivity index (χ3n) is 2.97. The molecule has 0 saturated carbocycles. The number of nitrogens with zero attached hydrogens (tertiary/aromatic N) is 1. The molecule has 128 valence electrons. The van der Waals surface area contributed by atoms with Crippen LogP contribution in [0.2, 0.25) is 0 Å². The number of hydrogen-bond acceptors (Lipinski definition) is 7. The number of rotatable bonds is 6. The maximum absolute atomic E-state index is 12.1. The van der Waals surface area contributed by atoms with Gasteiger partial charge in [-0.15, -0.1) is 11.3 Å². The van der Waals surface area contributed by atoms with Crippen LogP contribution < -0.4 is 20.1 Å². The zero-order valence-electron chi connectivity index (χ0n) is 13.4. The highest BCUT2D eigenvalue weighted by Crippen LogP contribution is 2.29. The summed E-state index contributed by atoms with van der Waals surface area (Å²) in [5.74, 6) is 0.866. The van der Waals surface area contributed by atoms with Gasteiger partial charge in [0.2, 0.25) is 5.91 Å². The van der Waals surface area contributed by atoms with Crippen molar-refractivity contribution in [3.63, 3.8) is 0 Å². The van der Waals surface area contributed by atoms with Gasteiger partial charge in [0, 0.05) is 11.4 Å². The number of carbonyl (C=O) groups excluding carboxylic acids is 2. The predicted molar refractivity (Wildman–Crippen MR) is 90.0 cm³/mol. The van der Waals surface area contributed by atoms with Gasteiger partial charge in [-0.05, 0) is 12.1 Å². The highest BCUT2D eigenvalue weighted by atomic mass is 32.1. The molecule has 8 nitrogen and oxygen atoms in total. The summed E-state index contributed by atoms with van der Waals surface area (Å²) >= 11 is 1.21. The van der Waals surface area contributed by atoms with Crippen LogP contribution in [0.15, 0.2) is 23.6 Å². The molecule has 0 aliphatic rings. The van der Waals surface area contributed by atoms with Crippen molar-refractivity contribution in [1.29, 1.82) is 0 Å². The SMILES string of the molecule is COC(=O)Nc1nc(CC(=O)Nc2ccc(OC)cc2OC)cs1. The van der Waals surface area contributed by atoms with Gasteiger partial charge in [0.05, 0.1) is 39.1 Å². The molecule has 2 rings (SSSR count). The normalized spacial score (nSPS) is 9.96. The second-order valence-electron chi connectivity index (χ2n) is 4.55. The van der Waals surface area contributed by atoms with Gasteiger partial charge < -0.3 is 19.5 Å². The molecule has 0 unspecified atom stereocenters. The maximum atomic E-state index is 12.1. The molecule has 0 fully saturated rings. The minimum absolute atomic E-state index is 0.0640. The Hall–Kier alpha value is -2.81. The number of thiazole rings is 1. The first kappa shape index (κ1) is 17.5. The molecule has 2 aromatic rings. The van der Waals surface area contributed by atoms with Gasteiger partial charge >= 0.3 is 6.09 Å². The van der Waals surface area contributed by atoms with Crippen molar-refractivity contribution in [3.8, 4) is 11.5 Å². The smallest absolute Gasteiger partial charge is 0.413 e. The van der Waals surface area contributed by atoms with Crippen LogP contribution in [0.25, 0.3) is 0 Å². The van der Waals surface area contributed by atoms with E-state index in [1.807, 2.05) is 0 Å². The standard InChI is InChI=1S/C15H17N3O5S/c1-21-10-4-5-11(12(7-10)22-2)17-13(19)6-9-8-24-14(16-9)18-15(20)23-3/h4-5,7-8H,6H2,1-3H3,(H,17,19)(H,16,18,20). The summed E-state index contributed by atoms with van der Waals surface area (Å²) in [6, 6.07) is 5.09. The number of amides is 2. The second kappa shape index (κ2) is 8.16. The highest BCUT2D eigenvalue weighted by Gasteiger charge is 2.12. The van der Waals surface area contributed by atoms with Gasteiger partial charge in [-0.1, -0.05) is 0 Å². The van der Waals surface area contributed by atoms with Crippen LogP contribution in [0.4, 0.5) is 15.6 Å². The Balaban J connectivity index is 1.99. The number of carbonyl (C=O) groups is 2. The Bertz CT molecular complexity index is 732. The van der Waals surface area contributed by atoms with E-state index >= 15 is 0 Å². The lowest BCUT2D eigenvalue weighted by molar-refractivity contribution is -0.115. The molecule has 1 aromatic heterocycles. The van der Waals surface area contributed by atoms with E-state index < -0.39 is 6.09 Å². The van der Waals surface area contributed by atoms with Crippen molar-refractivity contribution in [2.75, 3.05) is 32.0 Å². The summed E-state index contributed by atoms with van der Waals surface area (Å²) in [4.78, 5) is 27.4. The molecular formula is C15H17N3O5S. The number of methoxy groups -OCH3 is 3. The third kappa shape index (κ3) is 4.59. The number of nitrogens with one attached hydrogen (secondary N) is 2. The van der Waals surface area contributed by atoms with Crippen molar-refractivity contribution in [2.24, 2.45) is 0 Å². The van der Waals surface area contributed by atoms with Crippen LogP contribution in [0.5, 0.6) is 11.5 Å². The van der Waals surface area contributed by atoms with Crippen LogP contribution in [-0.4, -0.2) is 38.3 Å². The van der Waals surface area contributed by atoms with Crippen LogP contribution in [-0.2, 0) is 16.0 Å². The van der Waals surface area contributed by atoms with Crippen molar-refractivity contribution in [1.82, 2.24) is 4.98 Å². The Morgan fingerprint density at radius 1 is 1.17 bits per heavy atom. The van der Waals surface area contributed by atoms with E-state index in [0.717, 1.165) is 0 Å². The van der Waals surface area contributed by atoms with Gasteiger partial charge in [-0.2, -0.15) is 0 Å². The van der Waals surface area contributed by atoms with Gasteiger partial charge in [0.25, 0.3) is 0 Å². The molecule has 0 radical (unpaired) electrons. The van der Waals surface area contributed by atoms with Crippen molar-refractivity contribution >= 4 is 34.2 Å². The summed E-state index contributed by atoms with van der Waals surface area (Å²) in [7, 11) is 4.32. The van der Waals surface area contributed by atoms with E-state index in [2.05, 4.69) is 20.4 Å². The number of hydrogen-bond donors (Lipinski definition) is 2. The fourth-order valence-corrected chi connectivity index (χ4v) is 2.54. The topological polar surface area (TPSA) is 98.8 Å². The molecule has 2 N–H and O–H groups in total. The molecule has 0 saturated heterocycles. The lowest BCUT2D eigenvalue weighted by Gasteiger charge is -2.11. The fourth-order valence-electron chi connectivity index (χ4n) is 1.84. The molecule has 1 heterocycles. The van der Waals surface area contributed by atoms with E-state index in [1.165, 1.54) is 25.6 Å². The van der Waals surface area contributed by atoms with E-state index in [0.29, 0.717) is 28.0 Å². The molecule has 2 amide bonds. The molecule has 1 aromatic carbocycles. The minimum atomic E-state index is -0.608. The first-order valence-corrected chi connectivity index (χ1v) is 7.75. The fraction of sp³-hybridized carbons (Fsp3) is 0.267. The van der Waals surface area contributed by atoms with Crippen LogP contribution in [0.3, 0.4) is 0 Å². The predicted octanol–water partition coefficient (Wildman–Crippen LogP) is 2.52. The molecule has 0 spiro atoms. The zero-order valence-corrected chi connectivity index (χ0v) is 14.2. The summed E-state index contributed by atoms with van der Waals surface area (Å²) in [6.07, 6.45) is -0.544. The Morgan fingerprint density at radius 3 is 2.62 bits per heavy atom. The average molecular weight is 351 g/mol. The van der Waals surface area contributed by atoms with Gasteiger partial charge in [-0.25, -0.2) is 9.78 Å². The number of aromatic nitrogens is 1. The second-order valence-corrected chi connectivity index (χ2v) is 5.41. The summed E-state index contributed by atoms with van der Waals surface area (Å²) < 4.78 is 14.8. The first-order valence-electron chi connectivity index (χ1n) is 6.87. The van der Waals surface area contributed by atoms with Crippen molar-refractivity contribution < 1.29 is 23.8 Å². The monoisotopic (exact) mass is 351 g/mol. The quantitative estimate of drug-likeness (QED) is 0.830. The van der Waals surface area contributed by atoms with E-state index in [9.17, 15) is 9.59 Å². The van der Waals surface area contributed by atoms with Gasteiger partial charge in [0.15, 0.2) is 5.13 Å². The Labute approximate surface area is 142 Å². The molecule has 0 atom stereocenters. The highest BCUT2D eigenvalue weighted by molar-refractivity contribution is 7.13. The minimum Gasteiger partial charge on any atom is -0.497 e. The Morgan fingerprint density at radius 2 is 1.96 bits per heavy atom. The lowest BCUT2D eigenvalue weighted by atomic mass is 10.2. The largest absolute Gasteiger partial charge is 0.497 e. The lowest BCUT2D eigenvalue weighted by Crippen LogP contribution is -2.15. The molecular weight excluding hydrogens is 334 g/mol.